The fourth-order valence-electron chi connectivity index (χ4n) is 3.32. The number of hydrogen-bond donors (Lipinski definition) is 0. The number of hydrogen-bond acceptors (Lipinski definition) is 6. The van der Waals surface area contributed by atoms with Crippen molar-refractivity contribution >= 4 is 15.9 Å². The molecule has 1 saturated heterocycles. The van der Waals surface area contributed by atoms with Crippen molar-refractivity contribution < 1.29 is 27.1 Å². The van der Waals surface area contributed by atoms with Crippen LogP contribution in [0.25, 0.3) is 0 Å². The third-order valence-corrected chi connectivity index (χ3v) is 6.83. The Kier molecular flexibility index (Phi) is 5.03. The Morgan fingerprint density at radius 2 is 1.71 bits per heavy atom. The summed E-state index contributed by atoms with van der Waals surface area (Å²) in [7, 11) is -3.68. The van der Waals surface area contributed by atoms with Crippen LogP contribution < -0.4 is 9.47 Å². The van der Waals surface area contributed by atoms with Gasteiger partial charge >= 0.3 is 0 Å². The molecule has 2 aliphatic heterocycles. The molecule has 1 fully saturated rings. The molecule has 1 amide bonds. The lowest BCUT2D eigenvalue weighted by molar-refractivity contribution is 0.0665. The number of furan rings is 1. The molecule has 8 nitrogen and oxygen atoms in total. The van der Waals surface area contributed by atoms with Crippen molar-refractivity contribution in [2.75, 3.05) is 39.4 Å². The molecule has 0 aliphatic carbocycles. The van der Waals surface area contributed by atoms with Crippen LogP contribution in [0.15, 0.2) is 39.8 Å². The number of rotatable bonds is 3. The molecule has 150 valence electrons. The number of fused-ring (bicyclic) bond motifs is 1. The minimum Gasteiger partial charge on any atom is -0.490 e. The maximum atomic E-state index is 13.0. The van der Waals surface area contributed by atoms with Crippen LogP contribution in [0.5, 0.6) is 11.5 Å². The molecule has 3 heterocycles. The number of sulfonamides is 1. The summed E-state index contributed by atoms with van der Waals surface area (Å²) >= 11 is 0. The van der Waals surface area contributed by atoms with Gasteiger partial charge in [0.2, 0.25) is 10.0 Å². The Morgan fingerprint density at radius 3 is 2.39 bits per heavy atom. The standard InChI is InChI=1S/C19H22N2O6S/c1-14-5-12-27-18(14)19(22)20-6-8-21(9-7-20)28(23,24)15-3-4-16-17(13-15)26-11-2-10-25-16/h3-5,12-13H,2,6-11H2,1H3. The zero-order valence-corrected chi connectivity index (χ0v) is 16.4. The largest absolute Gasteiger partial charge is 0.490 e. The van der Waals surface area contributed by atoms with E-state index in [0.29, 0.717) is 43.6 Å². The predicted molar refractivity (Wildman–Crippen MR) is 100 cm³/mol. The van der Waals surface area contributed by atoms with Crippen LogP contribution in [-0.4, -0.2) is 62.9 Å². The van der Waals surface area contributed by atoms with Crippen molar-refractivity contribution in [3.63, 3.8) is 0 Å². The number of benzene rings is 1. The highest BCUT2D eigenvalue weighted by atomic mass is 32.2. The molecule has 4 rings (SSSR count). The van der Waals surface area contributed by atoms with Crippen LogP contribution in [-0.2, 0) is 10.0 Å². The normalized spacial score (nSPS) is 18.0. The molecule has 0 radical (unpaired) electrons. The van der Waals surface area contributed by atoms with Gasteiger partial charge in [0.15, 0.2) is 17.3 Å². The van der Waals surface area contributed by atoms with Gasteiger partial charge in [0.05, 0.1) is 24.4 Å². The Hall–Kier alpha value is -2.52. The Morgan fingerprint density at radius 1 is 1.00 bits per heavy atom. The molecule has 0 spiro atoms. The summed E-state index contributed by atoms with van der Waals surface area (Å²) in [5.74, 6) is 1.09. The first-order chi connectivity index (χ1) is 13.5. The summed E-state index contributed by atoms with van der Waals surface area (Å²) in [5.41, 5.74) is 0.771. The number of amides is 1. The van der Waals surface area contributed by atoms with Gasteiger partial charge in [0.1, 0.15) is 0 Å². The number of piperazine rings is 1. The maximum absolute atomic E-state index is 13.0. The van der Waals surface area contributed by atoms with Gasteiger partial charge in [0.25, 0.3) is 5.91 Å². The lowest BCUT2D eigenvalue weighted by Crippen LogP contribution is -2.50. The van der Waals surface area contributed by atoms with Crippen LogP contribution in [0.2, 0.25) is 0 Å². The van der Waals surface area contributed by atoms with Gasteiger partial charge in [-0.15, -0.1) is 0 Å². The van der Waals surface area contributed by atoms with Crippen LogP contribution >= 0.6 is 0 Å². The molecule has 0 saturated carbocycles. The number of nitrogens with zero attached hydrogens (tertiary/aromatic N) is 2. The second-order valence-corrected chi connectivity index (χ2v) is 8.73. The number of carbonyl (C=O) groups excluding carboxylic acids is 1. The Balaban J connectivity index is 1.47. The smallest absolute Gasteiger partial charge is 0.289 e. The molecule has 0 unspecified atom stereocenters. The zero-order chi connectivity index (χ0) is 19.7. The molecule has 0 atom stereocenters. The minimum absolute atomic E-state index is 0.165. The fraction of sp³-hybridized carbons (Fsp3) is 0.421. The number of ether oxygens (including phenoxy) is 2. The van der Waals surface area contributed by atoms with E-state index in [0.717, 1.165) is 12.0 Å². The SMILES string of the molecule is Cc1ccoc1C(=O)N1CCN(S(=O)(=O)c2ccc3c(c2)OCCCO3)CC1. The molecule has 0 N–H and O–H groups in total. The van der Waals surface area contributed by atoms with Gasteiger partial charge in [-0.2, -0.15) is 4.31 Å². The zero-order valence-electron chi connectivity index (χ0n) is 15.6. The second kappa shape index (κ2) is 7.48. The van der Waals surface area contributed by atoms with E-state index in [1.54, 1.807) is 17.0 Å². The van der Waals surface area contributed by atoms with Crippen molar-refractivity contribution in [1.29, 1.82) is 0 Å². The molecular weight excluding hydrogens is 384 g/mol. The molecule has 28 heavy (non-hydrogen) atoms. The maximum Gasteiger partial charge on any atom is 0.289 e. The van der Waals surface area contributed by atoms with Gasteiger partial charge in [0, 0.05) is 44.2 Å². The van der Waals surface area contributed by atoms with E-state index in [2.05, 4.69) is 0 Å². The summed E-state index contributed by atoms with van der Waals surface area (Å²) in [6.07, 6.45) is 2.23. The third-order valence-electron chi connectivity index (χ3n) is 4.94. The molecule has 1 aromatic heterocycles. The lowest BCUT2D eigenvalue weighted by Gasteiger charge is -2.33. The van der Waals surface area contributed by atoms with Gasteiger partial charge in [-0.1, -0.05) is 0 Å². The number of carbonyl (C=O) groups is 1. The average Bonchev–Trinajstić information content (AvgIpc) is 2.99. The molecule has 0 bridgehead atoms. The van der Waals surface area contributed by atoms with E-state index in [-0.39, 0.29) is 23.9 Å². The Labute approximate surface area is 163 Å². The van der Waals surface area contributed by atoms with Crippen LogP contribution in [0.4, 0.5) is 0 Å². The van der Waals surface area contributed by atoms with Crippen molar-refractivity contribution in [3.05, 3.63) is 41.9 Å². The third kappa shape index (κ3) is 3.47. The van der Waals surface area contributed by atoms with Crippen molar-refractivity contribution in [3.8, 4) is 11.5 Å². The first-order valence-electron chi connectivity index (χ1n) is 9.20. The van der Waals surface area contributed by atoms with Gasteiger partial charge < -0.3 is 18.8 Å². The van der Waals surface area contributed by atoms with E-state index >= 15 is 0 Å². The minimum atomic E-state index is -3.68. The lowest BCUT2D eigenvalue weighted by atomic mass is 10.2. The fourth-order valence-corrected chi connectivity index (χ4v) is 4.76. The van der Waals surface area contributed by atoms with Crippen molar-refractivity contribution in [2.24, 2.45) is 0 Å². The van der Waals surface area contributed by atoms with E-state index < -0.39 is 10.0 Å². The number of aryl methyl sites for hydroxylation is 1. The molecule has 1 aromatic carbocycles. The summed E-state index contributed by atoms with van der Waals surface area (Å²) in [6, 6.07) is 6.41. The molecule has 2 aromatic rings. The average molecular weight is 406 g/mol. The Bertz CT molecular complexity index is 976. The highest BCUT2D eigenvalue weighted by Gasteiger charge is 2.32. The van der Waals surface area contributed by atoms with Crippen molar-refractivity contribution in [1.82, 2.24) is 9.21 Å². The van der Waals surface area contributed by atoms with Gasteiger partial charge in [-0.05, 0) is 25.1 Å². The van der Waals surface area contributed by atoms with E-state index in [4.69, 9.17) is 13.9 Å². The first kappa shape index (κ1) is 18.8. The van der Waals surface area contributed by atoms with E-state index in [9.17, 15) is 13.2 Å². The molecule has 2 aliphatic rings. The monoisotopic (exact) mass is 406 g/mol. The predicted octanol–water partition coefficient (Wildman–Crippen LogP) is 1.90. The molecular formula is C19H22N2O6S. The summed E-state index contributed by atoms with van der Waals surface area (Å²) in [5, 5.41) is 0. The summed E-state index contributed by atoms with van der Waals surface area (Å²) in [4.78, 5) is 14.3. The van der Waals surface area contributed by atoms with Gasteiger partial charge in [-0.25, -0.2) is 8.42 Å². The van der Waals surface area contributed by atoms with E-state index in [1.165, 1.54) is 22.7 Å². The molecule has 9 heteroatoms. The summed E-state index contributed by atoms with van der Waals surface area (Å²) in [6.45, 7) is 3.91. The first-order valence-corrected chi connectivity index (χ1v) is 10.6. The quantitative estimate of drug-likeness (QED) is 0.773. The van der Waals surface area contributed by atoms with Crippen LogP contribution in [0, 0.1) is 6.92 Å². The summed E-state index contributed by atoms with van der Waals surface area (Å²) < 4.78 is 43.9. The second-order valence-electron chi connectivity index (χ2n) is 6.79. The van der Waals surface area contributed by atoms with Crippen molar-refractivity contribution in [2.45, 2.75) is 18.2 Å². The topological polar surface area (TPSA) is 89.3 Å². The van der Waals surface area contributed by atoms with Crippen LogP contribution in [0.1, 0.15) is 22.5 Å². The highest BCUT2D eigenvalue weighted by molar-refractivity contribution is 7.89. The van der Waals surface area contributed by atoms with E-state index in [1.807, 2.05) is 6.92 Å². The highest BCUT2D eigenvalue weighted by Crippen LogP contribution is 2.33. The van der Waals surface area contributed by atoms with Gasteiger partial charge in [-0.3, -0.25) is 4.79 Å². The van der Waals surface area contributed by atoms with Crippen LogP contribution in [0.3, 0.4) is 0 Å².